The van der Waals surface area contributed by atoms with Crippen LogP contribution in [0.3, 0.4) is 0 Å². The molecule has 1 N–H and O–H groups in total. The molecule has 0 bridgehead atoms. The Hall–Kier alpha value is -3.16. The molecular weight excluding hydrogens is 370 g/mol. The maximum Gasteiger partial charge on any atom is 0.220 e. The van der Waals surface area contributed by atoms with Gasteiger partial charge < -0.3 is 14.5 Å². The van der Waals surface area contributed by atoms with Crippen molar-refractivity contribution in [3.05, 3.63) is 59.1 Å². The Balaban J connectivity index is 1.39. The number of carbonyl (C=O) groups is 1. The molecule has 0 atom stereocenters. The van der Waals surface area contributed by atoms with Gasteiger partial charge in [0.2, 0.25) is 17.7 Å². The molecule has 0 saturated carbocycles. The molecule has 3 aromatic rings. The minimum absolute atomic E-state index is 0.0414. The van der Waals surface area contributed by atoms with E-state index in [1.165, 1.54) is 0 Å². The van der Waals surface area contributed by atoms with E-state index in [2.05, 4.69) is 20.6 Å². The highest BCUT2D eigenvalue weighted by atomic mass is 16.5. The van der Waals surface area contributed by atoms with Crippen LogP contribution in [0.15, 0.2) is 34.7 Å². The number of rotatable bonds is 10. The van der Waals surface area contributed by atoms with Gasteiger partial charge in [-0.3, -0.25) is 9.48 Å². The summed E-state index contributed by atoms with van der Waals surface area (Å²) in [5.41, 5.74) is 3.16. The van der Waals surface area contributed by atoms with Crippen LogP contribution in [0.1, 0.15) is 35.2 Å². The number of hydrogen-bond acceptors (Lipinski definition) is 6. The van der Waals surface area contributed by atoms with Gasteiger partial charge in [0.15, 0.2) is 0 Å². The topological polar surface area (TPSA) is 95.1 Å². The molecule has 0 aliphatic carbocycles. The Morgan fingerprint density at radius 2 is 1.90 bits per heavy atom. The molecule has 2 aromatic heterocycles. The van der Waals surface area contributed by atoms with Crippen LogP contribution in [-0.4, -0.2) is 39.5 Å². The van der Waals surface area contributed by atoms with Crippen LogP contribution in [0.4, 0.5) is 0 Å². The highest BCUT2D eigenvalue weighted by Gasteiger charge is 2.10. The summed E-state index contributed by atoms with van der Waals surface area (Å²) in [7, 11) is 1.66. The van der Waals surface area contributed by atoms with E-state index in [9.17, 15) is 4.79 Å². The summed E-state index contributed by atoms with van der Waals surface area (Å²) in [5.74, 6) is 1.86. The van der Waals surface area contributed by atoms with E-state index < -0.39 is 0 Å². The van der Waals surface area contributed by atoms with Crippen LogP contribution < -0.4 is 10.1 Å². The quantitative estimate of drug-likeness (QED) is 0.565. The largest absolute Gasteiger partial charge is 0.496 e. The first kappa shape index (κ1) is 20.6. The number of para-hydroxylation sites is 1. The number of aromatic nitrogens is 4. The number of benzene rings is 1. The van der Waals surface area contributed by atoms with Crippen LogP contribution in [0, 0.1) is 13.8 Å². The molecule has 0 spiro atoms. The molecule has 1 aromatic carbocycles. The lowest BCUT2D eigenvalue weighted by molar-refractivity contribution is -0.121. The zero-order valence-electron chi connectivity index (χ0n) is 17.1. The van der Waals surface area contributed by atoms with Gasteiger partial charge in [-0.05, 0) is 38.0 Å². The average Bonchev–Trinajstić information content (AvgIpc) is 3.30. The van der Waals surface area contributed by atoms with E-state index in [1.54, 1.807) is 7.11 Å². The second kappa shape index (κ2) is 9.86. The number of methoxy groups -OCH3 is 1. The number of nitrogens with one attached hydrogen (secondary N) is 1. The van der Waals surface area contributed by atoms with Crippen molar-refractivity contribution >= 4 is 5.91 Å². The molecule has 2 heterocycles. The van der Waals surface area contributed by atoms with Crippen LogP contribution >= 0.6 is 0 Å². The van der Waals surface area contributed by atoms with E-state index >= 15 is 0 Å². The van der Waals surface area contributed by atoms with E-state index in [-0.39, 0.29) is 5.91 Å². The first-order valence-corrected chi connectivity index (χ1v) is 9.76. The number of carbonyl (C=O) groups excluding carboxylic acids is 1. The molecule has 1 amide bonds. The van der Waals surface area contributed by atoms with Crippen molar-refractivity contribution in [1.29, 1.82) is 0 Å². The van der Waals surface area contributed by atoms with Crippen molar-refractivity contribution in [2.45, 2.75) is 46.1 Å². The van der Waals surface area contributed by atoms with Gasteiger partial charge in [-0.2, -0.15) is 5.10 Å². The van der Waals surface area contributed by atoms with Crippen LogP contribution in [0.5, 0.6) is 5.75 Å². The molecule has 0 fully saturated rings. The monoisotopic (exact) mass is 397 g/mol. The summed E-state index contributed by atoms with van der Waals surface area (Å²) in [6.07, 6.45) is 2.11. The third-order valence-corrected chi connectivity index (χ3v) is 4.62. The molecule has 0 aliphatic heterocycles. The second-order valence-corrected chi connectivity index (χ2v) is 6.90. The second-order valence-electron chi connectivity index (χ2n) is 6.90. The van der Waals surface area contributed by atoms with Crippen molar-refractivity contribution in [1.82, 2.24) is 25.3 Å². The van der Waals surface area contributed by atoms with Crippen LogP contribution in [0.2, 0.25) is 0 Å². The van der Waals surface area contributed by atoms with Gasteiger partial charge in [0.25, 0.3) is 0 Å². The minimum atomic E-state index is -0.0414. The summed E-state index contributed by atoms with van der Waals surface area (Å²) in [6, 6.07) is 9.89. The fraction of sp³-hybridized carbons (Fsp3) is 0.429. The van der Waals surface area contributed by atoms with Crippen molar-refractivity contribution < 1.29 is 13.9 Å². The van der Waals surface area contributed by atoms with Gasteiger partial charge in [-0.1, -0.05) is 18.2 Å². The number of aryl methyl sites for hydroxylation is 5. The summed E-state index contributed by atoms with van der Waals surface area (Å²) < 4.78 is 12.9. The lowest BCUT2D eigenvalue weighted by atomic mass is 10.1. The predicted octanol–water partition coefficient (Wildman–Crippen LogP) is 2.43. The zero-order chi connectivity index (χ0) is 20.6. The molecule has 8 heteroatoms. The van der Waals surface area contributed by atoms with Crippen LogP contribution in [0.25, 0.3) is 0 Å². The molecule has 0 radical (unpaired) electrons. The summed E-state index contributed by atoms with van der Waals surface area (Å²) >= 11 is 0. The Kier molecular flexibility index (Phi) is 6.99. The highest BCUT2D eigenvalue weighted by Crippen LogP contribution is 2.19. The Morgan fingerprint density at radius 1 is 1.14 bits per heavy atom. The van der Waals surface area contributed by atoms with Crippen molar-refractivity contribution in [3.8, 4) is 5.75 Å². The van der Waals surface area contributed by atoms with E-state index in [0.717, 1.165) is 29.1 Å². The Labute approximate surface area is 170 Å². The smallest absolute Gasteiger partial charge is 0.220 e. The van der Waals surface area contributed by atoms with Gasteiger partial charge in [-0.25, -0.2) is 0 Å². The maximum atomic E-state index is 12.0. The fourth-order valence-electron chi connectivity index (χ4n) is 3.15. The molecule has 3 rings (SSSR count). The third-order valence-electron chi connectivity index (χ3n) is 4.62. The lowest BCUT2D eigenvalue weighted by Crippen LogP contribution is -2.28. The number of nitrogens with zero attached hydrogens (tertiary/aromatic N) is 4. The minimum Gasteiger partial charge on any atom is -0.496 e. The first-order chi connectivity index (χ1) is 14.0. The predicted molar refractivity (Wildman–Crippen MR) is 108 cm³/mol. The Bertz CT molecular complexity index is 947. The molecule has 8 nitrogen and oxygen atoms in total. The van der Waals surface area contributed by atoms with Crippen LogP contribution in [-0.2, 0) is 30.6 Å². The van der Waals surface area contributed by atoms with Gasteiger partial charge in [0.1, 0.15) is 5.75 Å². The maximum absolute atomic E-state index is 12.0. The number of amides is 1. The van der Waals surface area contributed by atoms with Crippen molar-refractivity contribution in [2.75, 3.05) is 13.7 Å². The third kappa shape index (κ3) is 5.91. The van der Waals surface area contributed by atoms with E-state index in [4.69, 9.17) is 9.15 Å². The zero-order valence-corrected chi connectivity index (χ0v) is 17.1. The molecular formula is C21H27N5O3. The van der Waals surface area contributed by atoms with Crippen molar-refractivity contribution in [3.63, 3.8) is 0 Å². The number of ether oxygens (including phenoxy) is 1. The molecule has 0 saturated heterocycles. The normalized spacial score (nSPS) is 10.9. The highest BCUT2D eigenvalue weighted by molar-refractivity contribution is 5.75. The standard InChI is InChI=1S/C21H27N5O3/c1-15-14-16(2)26(25-15)13-12-22-19(27)9-11-21-24-23-20(29-21)10-8-17-6-4-5-7-18(17)28-3/h4-7,14H,8-13H2,1-3H3,(H,22,27). The average molecular weight is 397 g/mol. The fourth-order valence-corrected chi connectivity index (χ4v) is 3.15. The SMILES string of the molecule is COc1ccccc1CCc1nnc(CCC(=O)NCCn2nc(C)cc2C)o1. The molecule has 0 unspecified atom stereocenters. The first-order valence-electron chi connectivity index (χ1n) is 9.76. The van der Waals surface area contributed by atoms with E-state index in [1.807, 2.05) is 48.9 Å². The Morgan fingerprint density at radius 3 is 2.62 bits per heavy atom. The summed E-state index contributed by atoms with van der Waals surface area (Å²) in [5, 5.41) is 15.4. The van der Waals surface area contributed by atoms with Gasteiger partial charge in [0, 0.05) is 31.5 Å². The number of hydrogen-bond donors (Lipinski definition) is 1. The molecule has 29 heavy (non-hydrogen) atoms. The lowest BCUT2D eigenvalue weighted by Gasteiger charge is -2.06. The van der Waals surface area contributed by atoms with Crippen molar-refractivity contribution in [2.24, 2.45) is 0 Å². The van der Waals surface area contributed by atoms with Gasteiger partial charge in [0.05, 0.1) is 19.3 Å². The summed E-state index contributed by atoms with van der Waals surface area (Å²) in [4.78, 5) is 12.0. The summed E-state index contributed by atoms with van der Waals surface area (Å²) in [6.45, 7) is 5.15. The van der Waals surface area contributed by atoms with Gasteiger partial charge >= 0.3 is 0 Å². The van der Waals surface area contributed by atoms with Gasteiger partial charge in [-0.15, -0.1) is 10.2 Å². The molecule has 154 valence electrons. The van der Waals surface area contributed by atoms with E-state index in [0.29, 0.717) is 44.1 Å². The molecule has 0 aliphatic rings.